The van der Waals surface area contributed by atoms with Gasteiger partial charge in [0.25, 0.3) is 0 Å². The summed E-state index contributed by atoms with van der Waals surface area (Å²) in [5.74, 6) is 0.574. The van der Waals surface area contributed by atoms with Crippen LogP contribution in [0.5, 0.6) is 0 Å². The monoisotopic (exact) mass is 337 g/mol. The first-order valence-corrected chi connectivity index (χ1v) is 8.32. The van der Waals surface area contributed by atoms with Crippen molar-refractivity contribution >= 4 is 46.6 Å². The molecule has 2 nitrogen and oxygen atoms in total. The van der Waals surface area contributed by atoms with E-state index in [0.717, 1.165) is 16.8 Å². The Morgan fingerprint density at radius 3 is 2.57 bits per heavy atom. The number of halogens is 2. The standard InChI is InChI=1S/C16H13Cl2NOS/c1-10-13(18)3-2-4-14(10)19-15(20)9-21-16(19)11-5-7-12(17)8-6-11/h2-8,16H,9H2,1H3. The van der Waals surface area contributed by atoms with Crippen molar-refractivity contribution in [1.29, 1.82) is 0 Å². The van der Waals surface area contributed by atoms with Gasteiger partial charge in [0.1, 0.15) is 5.37 Å². The summed E-state index contributed by atoms with van der Waals surface area (Å²) in [4.78, 5) is 14.2. The molecule has 2 aromatic rings. The second-order valence-corrected chi connectivity index (χ2v) is 6.77. The van der Waals surface area contributed by atoms with E-state index in [0.29, 0.717) is 15.8 Å². The van der Waals surface area contributed by atoms with Gasteiger partial charge in [0.2, 0.25) is 5.91 Å². The Bertz CT molecular complexity index is 687. The minimum atomic E-state index is -0.0352. The highest BCUT2D eigenvalue weighted by Gasteiger charge is 2.34. The lowest BCUT2D eigenvalue weighted by molar-refractivity contribution is -0.115. The third-order valence-electron chi connectivity index (χ3n) is 3.52. The topological polar surface area (TPSA) is 20.3 Å². The van der Waals surface area contributed by atoms with E-state index in [1.54, 1.807) is 11.8 Å². The molecule has 0 spiro atoms. The molecule has 108 valence electrons. The lowest BCUT2D eigenvalue weighted by Gasteiger charge is -2.26. The van der Waals surface area contributed by atoms with Gasteiger partial charge in [-0.25, -0.2) is 0 Å². The SMILES string of the molecule is Cc1c(Cl)cccc1N1C(=O)CSC1c1ccc(Cl)cc1. The van der Waals surface area contributed by atoms with Crippen LogP contribution in [0.15, 0.2) is 42.5 Å². The molecule has 1 aliphatic heterocycles. The van der Waals surface area contributed by atoms with Gasteiger partial charge in [-0.2, -0.15) is 0 Å². The van der Waals surface area contributed by atoms with Crippen LogP contribution in [0.25, 0.3) is 0 Å². The van der Waals surface area contributed by atoms with E-state index in [2.05, 4.69) is 0 Å². The van der Waals surface area contributed by atoms with Crippen LogP contribution in [0.3, 0.4) is 0 Å². The van der Waals surface area contributed by atoms with Crippen molar-refractivity contribution < 1.29 is 4.79 Å². The molecule has 0 saturated carbocycles. The Labute approximate surface area is 138 Å². The van der Waals surface area contributed by atoms with E-state index in [4.69, 9.17) is 23.2 Å². The molecule has 21 heavy (non-hydrogen) atoms. The lowest BCUT2D eigenvalue weighted by Crippen LogP contribution is -2.28. The first-order chi connectivity index (χ1) is 10.1. The quantitative estimate of drug-likeness (QED) is 0.761. The van der Waals surface area contributed by atoms with Crippen LogP contribution in [0.1, 0.15) is 16.5 Å². The number of hydrogen-bond donors (Lipinski definition) is 0. The van der Waals surface area contributed by atoms with Crippen LogP contribution in [0.4, 0.5) is 5.69 Å². The zero-order valence-corrected chi connectivity index (χ0v) is 13.7. The zero-order chi connectivity index (χ0) is 15.0. The average molecular weight is 338 g/mol. The predicted molar refractivity (Wildman–Crippen MR) is 90.3 cm³/mol. The number of nitrogens with zero attached hydrogens (tertiary/aromatic N) is 1. The molecule has 0 radical (unpaired) electrons. The summed E-state index contributed by atoms with van der Waals surface area (Å²) in [6, 6.07) is 13.3. The Hall–Kier alpha value is -1.16. The molecule has 1 heterocycles. The Morgan fingerprint density at radius 2 is 1.86 bits per heavy atom. The van der Waals surface area contributed by atoms with Crippen molar-refractivity contribution in [3.63, 3.8) is 0 Å². The molecule has 0 aliphatic carbocycles. The van der Waals surface area contributed by atoms with Crippen LogP contribution in [-0.2, 0) is 4.79 Å². The number of benzene rings is 2. The molecule has 1 saturated heterocycles. The van der Waals surface area contributed by atoms with Gasteiger partial charge in [-0.15, -0.1) is 11.8 Å². The number of amides is 1. The second-order valence-electron chi connectivity index (χ2n) is 4.86. The fraction of sp³-hybridized carbons (Fsp3) is 0.188. The normalized spacial score (nSPS) is 18.3. The highest BCUT2D eigenvalue weighted by molar-refractivity contribution is 8.00. The third-order valence-corrected chi connectivity index (χ3v) is 5.40. The van der Waals surface area contributed by atoms with Crippen LogP contribution in [0, 0.1) is 6.92 Å². The summed E-state index contributed by atoms with van der Waals surface area (Å²) in [7, 11) is 0. The van der Waals surface area contributed by atoms with Gasteiger partial charge < -0.3 is 0 Å². The van der Waals surface area contributed by atoms with Crippen LogP contribution in [-0.4, -0.2) is 11.7 Å². The van der Waals surface area contributed by atoms with E-state index in [1.165, 1.54) is 0 Å². The summed E-state index contributed by atoms with van der Waals surface area (Å²) in [6.45, 7) is 1.94. The molecule has 3 rings (SSSR count). The molecule has 1 amide bonds. The van der Waals surface area contributed by atoms with E-state index >= 15 is 0 Å². The Balaban J connectivity index is 2.04. The van der Waals surface area contributed by atoms with Gasteiger partial charge in [-0.05, 0) is 42.3 Å². The number of hydrogen-bond acceptors (Lipinski definition) is 2. The lowest BCUT2D eigenvalue weighted by atomic mass is 10.1. The number of carbonyl (C=O) groups excluding carboxylic acids is 1. The molecular weight excluding hydrogens is 325 g/mol. The number of carbonyl (C=O) groups is 1. The first-order valence-electron chi connectivity index (χ1n) is 6.52. The number of anilines is 1. The fourth-order valence-corrected chi connectivity index (χ4v) is 3.88. The molecule has 1 unspecified atom stereocenters. The summed E-state index contributed by atoms with van der Waals surface area (Å²) in [6.07, 6.45) is 0. The first kappa shape index (κ1) is 14.8. The van der Waals surface area contributed by atoms with Gasteiger partial charge in [0.15, 0.2) is 0 Å². The zero-order valence-electron chi connectivity index (χ0n) is 11.3. The Kier molecular flexibility index (Phi) is 4.16. The van der Waals surface area contributed by atoms with Gasteiger partial charge in [-0.1, -0.05) is 41.4 Å². The largest absolute Gasteiger partial charge is 0.295 e. The molecule has 0 bridgehead atoms. The maximum Gasteiger partial charge on any atom is 0.238 e. The van der Waals surface area contributed by atoms with E-state index in [1.807, 2.05) is 54.3 Å². The average Bonchev–Trinajstić information content (AvgIpc) is 2.85. The van der Waals surface area contributed by atoms with Crippen molar-refractivity contribution in [2.75, 3.05) is 10.7 Å². The smallest absolute Gasteiger partial charge is 0.238 e. The summed E-state index contributed by atoms with van der Waals surface area (Å²) in [5, 5.41) is 1.33. The number of thioether (sulfide) groups is 1. The van der Waals surface area contributed by atoms with Gasteiger partial charge in [0, 0.05) is 15.7 Å². The number of rotatable bonds is 2. The highest BCUT2D eigenvalue weighted by atomic mass is 35.5. The maximum absolute atomic E-state index is 12.3. The molecule has 1 fully saturated rings. The van der Waals surface area contributed by atoms with Crippen LogP contribution >= 0.6 is 35.0 Å². The summed E-state index contributed by atoms with van der Waals surface area (Å²) in [5.41, 5.74) is 2.86. The molecule has 1 aliphatic rings. The van der Waals surface area contributed by atoms with E-state index in [9.17, 15) is 4.79 Å². The fourth-order valence-electron chi connectivity index (χ4n) is 2.42. The maximum atomic E-state index is 12.3. The minimum Gasteiger partial charge on any atom is -0.295 e. The van der Waals surface area contributed by atoms with Gasteiger partial charge in [-0.3, -0.25) is 9.69 Å². The van der Waals surface area contributed by atoms with Crippen molar-refractivity contribution in [3.8, 4) is 0 Å². The van der Waals surface area contributed by atoms with Crippen LogP contribution < -0.4 is 4.90 Å². The Morgan fingerprint density at radius 1 is 1.14 bits per heavy atom. The molecule has 0 N–H and O–H groups in total. The van der Waals surface area contributed by atoms with E-state index < -0.39 is 0 Å². The van der Waals surface area contributed by atoms with Crippen LogP contribution in [0.2, 0.25) is 10.0 Å². The van der Waals surface area contributed by atoms with Crippen molar-refractivity contribution in [2.24, 2.45) is 0 Å². The second kappa shape index (κ2) is 5.91. The van der Waals surface area contributed by atoms with Crippen molar-refractivity contribution in [1.82, 2.24) is 0 Å². The molecule has 5 heteroatoms. The minimum absolute atomic E-state index is 0.0352. The van der Waals surface area contributed by atoms with Crippen molar-refractivity contribution in [3.05, 3.63) is 63.6 Å². The van der Waals surface area contributed by atoms with Gasteiger partial charge >= 0.3 is 0 Å². The summed E-state index contributed by atoms with van der Waals surface area (Å²) < 4.78 is 0. The highest BCUT2D eigenvalue weighted by Crippen LogP contribution is 2.43. The molecule has 0 aromatic heterocycles. The van der Waals surface area contributed by atoms with E-state index in [-0.39, 0.29) is 11.3 Å². The van der Waals surface area contributed by atoms with Crippen molar-refractivity contribution in [2.45, 2.75) is 12.3 Å². The molecule has 1 atom stereocenters. The molecule has 2 aromatic carbocycles. The third kappa shape index (κ3) is 2.78. The van der Waals surface area contributed by atoms with Gasteiger partial charge in [0.05, 0.1) is 5.75 Å². The predicted octanol–water partition coefficient (Wildman–Crippen LogP) is 5.08. The molecular formula is C16H13Cl2NOS. The summed E-state index contributed by atoms with van der Waals surface area (Å²) >= 11 is 13.8.